The van der Waals surface area contributed by atoms with E-state index in [1.165, 1.54) is 11.3 Å². The van der Waals surface area contributed by atoms with Gasteiger partial charge in [-0.2, -0.15) is 0 Å². The van der Waals surface area contributed by atoms with E-state index in [9.17, 15) is 14.4 Å². The van der Waals surface area contributed by atoms with Crippen LogP contribution in [0.25, 0.3) is 0 Å². The third-order valence-corrected chi connectivity index (χ3v) is 4.80. The zero-order chi connectivity index (χ0) is 19.1. The van der Waals surface area contributed by atoms with E-state index in [0.29, 0.717) is 17.0 Å². The molecule has 0 bridgehead atoms. The summed E-state index contributed by atoms with van der Waals surface area (Å²) in [5, 5.41) is 3.00. The van der Waals surface area contributed by atoms with Gasteiger partial charge in [-0.25, -0.2) is 4.79 Å². The maximum atomic E-state index is 12.0. The van der Waals surface area contributed by atoms with Crippen LogP contribution in [0.15, 0.2) is 42.5 Å². The first kappa shape index (κ1) is 19.4. The van der Waals surface area contributed by atoms with Crippen LogP contribution in [0.4, 0.5) is 5.00 Å². The van der Waals surface area contributed by atoms with Crippen LogP contribution in [0.2, 0.25) is 0 Å². The third-order valence-electron chi connectivity index (χ3n) is 3.59. The van der Waals surface area contributed by atoms with Crippen LogP contribution >= 0.6 is 11.3 Å². The lowest BCUT2D eigenvalue weighted by Crippen LogP contribution is -2.16. The fourth-order valence-electron chi connectivity index (χ4n) is 2.38. The number of anilines is 1. The van der Waals surface area contributed by atoms with Crippen LogP contribution in [0.1, 0.15) is 33.3 Å². The Morgan fingerprint density at radius 3 is 2.50 bits per heavy atom. The second-order valence-corrected chi connectivity index (χ2v) is 6.56. The van der Waals surface area contributed by atoms with Crippen molar-refractivity contribution in [3.05, 3.63) is 64.1 Å². The van der Waals surface area contributed by atoms with E-state index in [2.05, 4.69) is 5.32 Å². The highest BCUT2D eigenvalue weighted by atomic mass is 32.1. The van der Waals surface area contributed by atoms with Crippen molar-refractivity contribution < 1.29 is 19.1 Å². The van der Waals surface area contributed by atoms with Gasteiger partial charge in [0.05, 0.1) is 12.2 Å². The minimum absolute atomic E-state index is 0.226. The molecule has 0 atom stereocenters. The molecular weight excluding hydrogens is 352 g/mol. The Morgan fingerprint density at radius 1 is 1.19 bits per heavy atom. The lowest BCUT2D eigenvalue weighted by Gasteiger charge is -2.02. The molecule has 6 nitrogen and oxygen atoms in total. The second kappa shape index (κ2) is 8.96. The highest BCUT2D eigenvalue weighted by Gasteiger charge is 2.20. The van der Waals surface area contributed by atoms with Crippen LogP contribution in [0, 0.1) is 6.92 Å². The van der Waals surface area contributed by atoms with Crippen LogP contribution < -0.4 is 11.1 Å². The average Bonchev–Trinajstić information content (AvgIpc) is 2.89. The van der Waals surface area contributed by atoms with Gasteiger partial charge in [0.25, 0.3) is 5.91 Å². The quantitative estimate of drug-likeness (QED) is 0.577. The van der Waals surface area contributed by atoms with Crippen LogP contribution in [0.5, 0.6) is 0 Å². The Morgan fingerprint density at radius 2 is 1.88 bits per heavy atom. The maximum Gasteiger partial charge on any atom is 0.330 e. The van der Waals surface area contributed by atoms with Crippen LogP contribution in [-0.2, 0) is 20.7 Å². The summed E-state index contributed by atoms with van der Waals surface area (Å²) in [6.07, 6.45) is 2.73. The van der Waals surface area contributed by atoms with Crippen molar-refractivity contribution in [2.45, 2.75) is 20.3 Å². The van der Waals surface area contributed by atoms with E-state index in [4.69, 9.17) is 10.5 Å². The predicted molar refractivity (Wildman–Crippen MR) is 101 cm³/mol. The number of primary amides is 1. The Hall–Kier alpha value is -2.93. The number of hydrogen-bond acceptors (Lipinski definition) is 5. The van der Waals surface area contributed by atoms with E-state index in [1.807, 2.05) is 30.3 Å². The number of amides is 2. The number of carbonyl (C=O) groups excluding carboxylic acids is 3. The zero-order valence-corrected chi connectivity index (χ0v) is 15.4. The minimum Gasteiger partial charge on any atom is -0.463 e. The van der Waals surface area contributed by atoms with Crippen molar-refractivity contribution >= 4 is 34.1 Å². The van der Waals surface area contributed by atoms with Gasteiger partial charge in [-0.05, 0) is 25.0 Å². The topological polar surface area (TPSA) is 98.5 Å². The summed E-state index contributed by atoms with van der Waals surface area (Å²) < 4.78 is 4.72. The molecule has 0 saturated heterocycles. The SMILES string of the molecule is CCOC(=O)C=CC(=O)Nc1sc(Cc2ccccc2)c(C)c1C(N)=O. The number of ether oxygens (including phenoxy) is 1. The maximum absolute atomic E-state index is 12.0. The molecule has 2 amide bonds. The molecule has 0 fully saturated rings. The predicted octanol–water partition coefficient (Wildman–Crippen LogP) is 2.80. The first-order valence-electron chi connectivity index (χ1n) is 8.04. The third kappa shape index (κ3) is 5.03. The smallest absolute Gasteiger partial charge is 0.330 e. The number of thiophene rings is 1. The van der Waals surface area contributed by atoms with Crippen molar-refractivity contribution in [3.63, 3.8) is 0 Å². The number of nitrogens with one attached hydrogen (secondary N) is 1. The summed E-state index contributed by atoms with van der Waals surface area (Å²) in [4.78, 5) is 36.1. The second-order valence-electron chi connectivity index (χ2n) is 5.46. The molecule has 2 rings (SSSR count). The number of carbonyl (C=O) groups is 3. The Labute approximate surface area is 155 Å². The van der Waals surface area contributed by atoms with Crippen molar-refractivity contribution in [1.29, 1.82) is 0 Å². The van der Waals surface area contributed by atoms with Crippen LogP contribution in [-0.4, -0.2) is 24.4 Å². The fourth-order valence-corrected chi connectivity index (χ4v) is 3.63. The largest absolute Gasteiger partial charge is 0.463 e. The molecule has 136 valence electrons. The zero-order valence-electron chi connectivity index (χ0n) is 14.6. The first-order valence-corrected chi connectivity index (χ1v) is 8.85. The Balaban J connectivity index is 2.22. The molecule has 7 heteroatoms. The molecule has 26 heavy (non-hydrogen) atoms. The minimum atomic E-state index is -0.609. The van der Waals surface area contributed by atoms with Gasteiger partial charge in [0.2, 0.25) is 5.91 Å². The van der Waals surface area contributed by atoms with Crippen LogP contribution in [0.3, 0.4) is 0 Å². The van der Waals surface area contributed by atoms with E-state index >= 15 is 0 Å². The fraction of sp³-hybridized carbons (Fsp3) is 0.211. The van der Waals surface area contributed by atoms with E-state index in [-0.39, 0.29) is 6.61 Å². The standard InChI is InChI=1S/C19H20N2O4S/c1-3-25-16(23)10-9-15(22)21-19-17(18(20)24)12(2)14(26-19)11-13-7-5-4-6-8-13/h4-10H,3,11H2,1-2H3,(H2,20,24)(H,21,22). The van der Waals surface area contributed by atoms with Crippen molar-refractivity contribution in [2.75, 3.05) is 11.9 Å². The average molecular weight is 372 g/mol. The summed E-state index contributed by atoms with van der Waals surface area (Å²) in [6.45, 7) is 3.70. The van der Waals surface area contributed by atoms with E-state index in [0.717, 1.165) is 28.2 Å². The van der Waals surface area contributed by atoms with Gasteiger partial charge >= 0.3 is 5.97 Å². The molecule has 0 aliphatic heterocycles. The highest BCUT2D eigenvalue weighted by Crippen LogP contribution is 2.34. The molecule has 0 radical (unpaired) electrons. The number of hydrogen-bond donors (Lipinski definition) is 2. The molecular formula is C19H20N2O4S. The van der Waals surface area contributed by atoms with Gasteiger partial charge in [0.1, 0.15) is 5.00 Å². The van der Waals surface area contributed by atoms with Gasteiger partial charge in [0, 0.05) is 23.5 Å². The number of rotatable bonds is 7. The number of esters is 1. The van der Waals surface area contributed by atoms with Gasteiger partial charge in [0.15, 0.2) is 0 Å². The summed E-state index contributed by atoms with van der Waals surface area (Å²) in [7, 11) is 0. The first-order chi connectivity index (χ1) is 12.4. The molecule has 0 spiro atoms. The lowest BCUT2D eigenvalue weighted by atomic mass is 10.1. The molecule has 0 aliphatic rings. The summed E-state index contributed by atoms with van der Waals surface area (Å²) >= 11 is 1.30. The number of benzene rings is 1. The summed E-state index contributed by atoms with van der Waals surface area (Å²) in [5.74, 6) is -1.75. The van der Waals surface area contributed by atoms with Crippen molar-refractivity contribution in [1.82, 2.24) is 0 Å². The van der Waals surface area contributed by atoms with Crippen molar-refractivity contribution in [3.8, 4) is 0 Å². The number of nitrogens with two attached hydrogens (primary N) is 1. The highest BCUT2D eigenvalue weighted by molar-refractivity contribution is 7.17. The van der Waals surface area contributed by atoms with Gasteiger partial charge in [-0.3, -0.25) is 9.59 Å². The Bertz CT molecular complexity index is 841. The molecule has 1 aromatic heterocycles. The molecule has 3 N–H and O–H groups in total. The van der Waals surface area contributed by atoms with Gasteiger partial charge in [-0.15, -0.1) is 11.3 Å². The molecule has 0 saturated carbocycles. The molecule has 1 aromatic carbocycles. The van der Waals surface area contributed by atoms with Crippen molar-refractivity contribution in [2.24, 2.45) is 5.73 Å². The summed E-state index contributed by atoms with van der Waals surface area (Å²) in [5.41, 5.74) is 7.61. The Kier molecular flexibility index (Phi) is 6.68. The van der Waals surface area contributed by atoms with E-state index < -0.39 is 17.8 Å². The van der Waals surface area contributed by atoms with Gasteiger partial charge < -0.3 is 15.8 Å². The normalized spacial score (nSPS) is 10.7. The van der Waals surface area contributed by atoms with Gasteiger partial charge in [-0.1, -0.05) is 30.3 Å². The molecule has 1 heterocycles. The molecule has 0 unspecified atom stereocenters. The summed E-state index contributed by atoms with van der Waals surface area (Å²) in [6, 6.07) is 9.79. The molecule has 0 aliphatic carbocycles. The molecule has 2 aromatic rings. The monoisotopic (exact) mass is 372 g/mol. The lowest BCUT2D eigenvalue weighted by molar-refractivity contribution is -0.137. The van der Waals surface area contributed by atoms with E-state index in [1.54, 1.807) is 13.8 Å².